The minimum absolute atomic E-state index is 0.180. The van der Waals surface area contributed by atoms with Gasteiger partial charge in [-0.05, 0) is 102 Å². The topological polar surface area (TPSA) is 200 Å². The molecular weight excluding hydrogens is 815 g/mol. The van der Waals surface area contributed by atoms with Crippen LogP contribution >= 0.6 is 0 Å². The lowest BCUT2D eigenvalue weighted by Crippen LogP contribution is -2.52. The third-order valence-corrected chi connectivity index (χ3v) is 11.5. The van der Waals surface area contributed by atoms with Crippen molar-refractivity contribution in [2.45, 2.75) is 97.1 Å². The number of hydrogen-bond donors (Lipinski definition) is 5. The molecule has 16 heteroatoms. The first-order valence-electron chi connectivity index (χ1n) is 22.0. The van der Waals surface area contributed by atoms with E-state index in [0.717, 1.165) is 84.3 Å². The summed E-state index contributed by atoms with van der Waals surface area (Å²) in [6, 6.07) is 27.2. The first-order valence-corrected chi connectivity index (χ1v) is 22.0. The molecular formula is C48H55N9O7. The summed E-state index contributed by atoms with van der Waals surface area (Å²) in [7, 11) is 0. The van der Waals surface area contributed by atoms with E-state index in [1.807, 2.05) is 47.3 Å². The molecule has 0 saturated carbocycles. The predicted molar refractivity (Wildman–Crippen MR) is 239 cm³/mol. The summed E-state index contributed by atoms with van der Waals surface area (Å²) >= 11 is 0. The Morgan fingerprint density at radius 3 is 2.38 bits per heavy atom. The standard InChI is InChI=1S/C48H55N9O7/c1-2-3-25-55(30-34-13-17-36(18-14-34)45(59)53-63)48(62)50-37-19-21-39(22-20-37)64-27-7-5-4-6-26-56-31-38(52-54-56)29-49-28-33-11-15-35(16-12-33)40-9-8-10-41-42(40)32-57(47(41)61)43-23-24-44(58)51-46(43)60/h8-22,31,43,49,63H,2-7,23-30,32H2,1H3,(H,50,62)(H,53,59)(H,51,58,60). The minimum atomic E-state index is -0.646. The molecule has 334 valence electrons. The zero-order chi connectivity index (χ0) is 44.8. The largest absolute Gasteiger partial charge is 0.494 e. The number of carbonyl (C=O) groups is 5. The maximum absolute atomic E-state index is 13.3. The molecule has 1 saturated heterocycles. The SMILES string of the molecule is CCCCN(Cc1ccc(C(=O)NO)cc1)C(=O)Nc1ccc(OCCCCCCn2cc(CNCc3ccc(-c4cccc5c4CN(C4CCC(=O)NC4=O)C5=O)cc3)nn2)cc1. The quantitative estimate of drug-likeness (QED) is 0.0232. The second-order valence-corrected chi connectivity index (χ2v) is 16.1. The van der Waals surface area contributed by atoms with E-state index in [-0.39, 0.29) is 24.3 Å². The van der Waals surface area contributed by atoms with Crippen molar-refractivity contribution in [2.24, 2.45) is 0 Å². The van der Waals surface area contributed by atoms with Gasteiger partial charge in [0.2, 0.25) is 11.8 Å². The van der Waals surface area contributed by atoms with Crippen LogP contribution in [0.5, 0.6) is 5.75 Å². The lowest BCUT2D eigenvalue weighted by atomic mass is 9.96. The molecule has 0 bridgehead atoms. The van der Waals surface area contributed by atoms with E-state index in [4.69, 9.17) is 9.94 Å². The van der Waals surface area contributed by atoms with Crippen LogP contribution in [-0.4, -0.2) is 78.9 Å². The zero-order valence-electron chi connectivity index (χ0n) is 36.1. The van der Waals surface area contributed by atoms with Gasteiger partial charge in [0, 0.05) is 68.7 Å². The Morgan fingerprint density at radius 1 is 0.875 bits per heavy atom. The number of anilines is 1. The van der Waals surface area contributed by atoms with Gasteiger partial charge in [-0.25, -0.2) is 10.3 Å². The number of aryl methyl sites for hydroxylation is 1. The van der Waals surface area contributed by atoms with Gasteiger partial charge < -0.3 is 25.2 Å². The summed E-state index contributed by atoms with van der Waals surface area (Å²) in [4.78, 5) is 65.6. The summed E-state index contributed by atoms with van der Waals surface area (Å²) in [6.45, 7) is 5.99. The Morgan fingerprint density at radius 2 is 1.62 bits per heavy atom. The number of piperidine rings is 1. The van der Waals surface area contributed by atoms with Crippen LogP contribution in [0, 0.1) is 0 Å². The monoisotopic (exact) mass is 869 g/mol. The Hall–Kier alpha value is -6.91. The molecule has 0 radical (unpaired) electrons. The highest BCUT2D eigenvalue weighted by Gasteiger charge is 2.39. The number of nitrogens with zero attached hydrogens (tertiary/aromatic N) is 5. The fraction of sp³-hybridized carbons (Fsp3) is 0.354. The molecule has 0 aliphatic carbocycles. The molecule has 5 aromatic rings. The van der Waals surface area contributed by atoms with Crippen molar-refractivity contribution in [2.75, 3.05) is 18.5 Å². The maximum Gasteiger partial charge on any atom is 0.322 e. The van der Waals surface area contributed by atoms with Crippen LogP contribution < -0.4 is 26.2 Å². The predicted octanol–water partition coefficient (Wildman–Crippen LogP) is 6.59. The van der Waals surface area contributed by atoms with E-state index < -0.39 is 17.9 Å². The van der Waals surface area contributed by atoms with Crippen molar-refractivity contribution in [1.29, 1.82) is 0 Å². The number of urea groups is 1. The van der Waals surface area contributed by atoms with Gasteiger partial charge in [0.25, 0.3) is 11.8 Å². The van der Waals surface area contributed by atoms with Crippen LogP contribution in [0.15, 0.2) is 97.2 Å². The number of unbranched alkanes of at least 4 members (excludes halogenated alkanes) is 4. The second kappa shape index (κ2) is 21.9. The number of hydrogen-bond acceptors (Lipinski definition) is 10. The number of fused-ring (bicyclic) bond motifs is 1. The average molecular weight is 870 g/mol. The first kappa shape index (κ1) is 45.1. The molecule has 5 N–H and O–H groups in total. The highest BCUT2D eigenvalue weighted by molar-refractivity contribution is 6.06. The molecule has 16 nitrogen and oxygen atoms in total. The normalized spacial score (nSPS) is 14.6. The lowest BCUT2D eigenvalue weighted by molar-refractivity contribution is -0.136. The lowest BCUT2D eigenvalue weighted by Gasteiger charge is -2.29. The van der Waals surface area contributed by atoms with Crippen LogP contribution in [0.2, 0.25) is 0 Å². The van der Waals surface area contributed by atoms with E-state index in [1.165, 1.54) is 0 Å². The number of aromatic nitrogens is 3. The van der Waals surface area contributed by atoms with E-state index in [0.29, 0.717) is 62.6 Å². The van der Waals surface area contributed by atoms with Gasteiger partial charge in [-0.1, -0.05) is 73.5 Å². The number of rotatable bonds is 21. The smallest absolute Gasteiger partial charge is 0.322 e. The Labute approximate surface area is 372 Å². The first-order chi connectivity index (χ1) is 31.2. The Bertz CT molecular complexity index is 2400. The van der Waals surface area contributed by atoms with Gasteiger partial charge in [0.15, 0.2) is 0 Å². The molecule has 7 rings (SSSR count). The molecule has 2 aliphatic heterocycles. The Kier molecular flexibility index (Phi) is 15.5. The molecule has 3 heterocycles. The molecule has 4 aromatic carbocycles. The summed E-state index contributed by atoms with van der Waals surface area (Å²) in [5.74, 6) is -0.739. The van der Waals surface area contributed by atoms with Crippen LogP contribution in [0.1, 0.15) is 101 Å². The van der Waals surface area contributed by atoms with Crippen molar-refractivity contribution >= 4 is 35.3 Å². The van der Waals surface area contributed by atoms with Crippen LogP contribution in [-0.2, 0) is 42.3 Å². The van der Waals surface area contributed by atoms with E-state index in [1.54, 1.807) is 45.6 Å². The van der Waals surface area contributed by atoms with Gasteiger partial charge in [0.1, 0.15) is 11.8 Å². The van der Waals surface area contributed by atoms with Gasteiger partial charge in [-0.15, -0.1) is 5.10 Å². The number of nitrogens with one attached hydrogen (secondary N) is 4. The van der Waals surface area contributed by atoms with Gasteiger partial charge in [0.05, 0.1) is 12.3 Å². The summed E-state index contributed by atoms with van der Waals surface area (Å²) < 4.78 is 7.84. The molecule has 0 spiro atoms. The van der Waals surface area contributed by atoms with Crippen molar-refractivity contribution in [1.82, 2.24) is 40.9 Å². The Balaban J connectivity index is 0.769. The van der Waals surface area contributed by atoms with Crippen molar-refractivity contribution in [3.63, 3.8) is 0 Å². The highest BCUT2D eigenvalue weighted by Crippen LogP contribution is 2.35. The van der Waals surface area contributed by atoms with Crippen LogP contribution in [0.3, 0.4) is 0 Å². The fourth-order valence-corrected chi connectivity index (χ4v) is 7.93. The van der Waals surface area contributed by atoms with E-state index in [9.17, 15) is 24.0 Å². The average Bonchev–Trinajstić information content (AvgIpc) is 3.91. The number of carbonyl (C=O) groups excluding carboxylic acids is 5. The third-order valence-electron chi connectivity index (χ3n) is 11.5. The van der Waals surface area contributed by atoms with Crippen LogP contribution in [0.25, 0.3) is 11.1 Å². The summed E-state index contributed by atoms with van der Waals surface area (Å²) in [5, 5.41) is 26.3. The summed E-state index contributed by atoms with van der Waals surface area (Å²) in [5.41, 5.74) is 8.92. The molecule has 6 amide bonds. The summed E-state index contributed by atoms with van der Waals surface area (Å²) in [6.07, 6.45) is 8.28. The number of amides is 6. The van der Waals surface area contributed by atoms with Crippen molar-refractivity contribution < 1.29 is 33.9 Å². The fourth-order valence-electron chi connectivity index (χ4n) is 7.93. The van der Waals surface area contributed by atoms with Crippen molar-refractivity contribution in [3.05, 3.63) is 131 Å². The molecule has 1 fully saturated rings. The zero-order valence-corrected chi connectivity index (χ0v) is 36.1. The van der Waals surface area contributed by atoms with E-state index in [2.05, 4.69) is 57.5 Å². The molecule has 1 aromatic heterocycles. The second-order valence-electron chi connectivity index (χ2n) is 16.1. The van der Waals surface area contributed by atoms with Gasteiger partial charge >= 0.3 is 6.03 Å². The number of ether oxygens (including phenoxy) is 1. The van der Waals surface area contributed by atoms with E-state index >= 15 is 0 Å². The molecule has 1 unspecified atom stereocenters. The minimum Gasteiger partial charge on any atom is -0.494 e. The molecule has 2 aliphatic rings. The maximum atomic E-state index is 13.3. The number of imide groups is 1. The molecule has 64 heavy (non-hydrogen) atoms. The van der Waals surface area contributed by atoms with Gasteiger partial charge in [-0.2, -0.15) is 0 Å². The van der Waals surface area contributed by atoms with Crippen LogP contribution in [0.4, 0.5) is 10.5 Å². The number of benzene rings is 4. The molecule has 1 atom stereocenters. The third kappa shape index (κ3) is 11.8. The highest BCUT2D eigenvalue weighted by atomic mass is 16.5. The van der Waals surface area contributed by atoms with Gasteiger partial charge in [-0.3, -0.25) is 34.4 Å². The number of hydroxylamine groups is 1. The van der Waals surface area contributed by atoms with Crippen molar-refractivity contribution in [3.8, 4) is 16.9 Å².